The van der Waals surface area contributed by atoms with E-state index in [2.05, 4.69) is 213 Å². The Morgan fingerprint density at radius 1 is 0.303 bits per heavy atom. The number of nitrogens with zero attached hydrogens (tertiary/aromatic N) is 5. The van der Waals surface area contributed by atoms with E-state index in [9.17, 15) is 0 Å². The largest absolute Gasteiger partial charge is 0.212 e. The van der Waals surface area contributed by atoms with Crippen LogP contribution in [0.5, 0.6) is 0 Å². The summed E-state index contributed by atoms with van der Waals surface area (Å²) in [5.41, 5.74) is 24.3. The molecule has 89 heavy (non-hydrogen) atoms. The zero-order valence-electron chi connectivity index (χ0n) is 63.6. The fourth-order valence-corrected chi connectivity index (χ4v) is 11.2. The van der Waals surface area contributed by atoms with E-state index < -0.39 is 19.1 Å². The van der Waals surface area contributed by atoms with Crippen LogP contribution in [0.1, 0.15) is 132 Å². The zero-order chi connectivity index (χ0) is 70.3. The number of pyridine rings is 5. The second kappa shape index (κ2) is 34.0. The molecule has 464 valence electrons. The lowest BCUT2D eigenvalue weighted by atomic mass is 9.99. The Hall–Kier alpha value is -8.15. The molecular formula is C84H108N5+5. The van der Waals surface area contributed by atoms with Gasteiger partial charge in [0.05, 0.1) is 0 Å². The smallest absolute Gasteiger partial charge is 0.201 e. The number of aryl methyl sites for hydroxylation is 12. The van der Waals surface area contributed by atoms with Crippen LogP contribution in [0.25, 0.3) is 56.3 Å². The molecule has 5 heteroatoms. The van der Waals surface area contributed by atoms with Gasteiger partial charge in [0.25, 0.3) is 0 Å². The molecule has 0 aliphatic rings. The zero-order valence-corrected chi connectivity index (χ0v) is 57.6. The maximum Gasteiger partial charge on any atom is 0.212 e. The Kier molecular flexibility index (Phi) is 23.3. The lowest BCUT2D eigenvalue weighted by Crippen LogP contribution is -2.32. The number of hydrogen-bond acceptors (Lipinski definition) is 0. The summed E-state index contributed by atoms with van der Waals surface area (Å²) < 4.78 is 59.2. The number of benzene rings is 5. The molecule has 0 N–H and O–H groups in total. The molecule has 0 saturated heterocycles. The highest BCUT2D eigenvalue weighted by Gasteiger charge is 2.18. The minimum atomic E-state index is -1.31. The van der Waals surface area contributed by atoms with Crippen molar-refractivity contribution in [2.24, 2.45) is 58.9 Å². The van der Waals surface area contributed by atoms with Crippen molar-refractivity contribution < 1.29 is 31.1 Å². The van der Waals surface area contributed by atoms with Gasteiger partial charge < -0.3 is 0 Å². The molecule has 5 nitrogen and oxygen atoms in total. The number of aromatic nitrogens is 5. The molecule has 10 rings (SSSR count). The molecule has 0 bridgehead atoms. The van der Waals surface area contributed by atoms with Gasteiger partial charge >= 0.3 is 0 Å². The van der Waals surface area contributed by atoms with Crippen molar-refractivity contribution in [3.63, 3.8) is 0 Å². The Morgan fingerprint density at radius 2 is 0.618 bits per heavy atom. The van der Waals surface area contributed by atoms with E-state index >= 15 is 0 Å². The highest BCUT2D eigenvalue weighted by Crippen LogP contribution is 2.26. The summed E-state index contributed by atoms with van der Waals surface area (Å²) in [6.45, 7) is 30.9. The van der Waals surface area contributed by atoms with Gasteiger partial charge in [0.15, 0.2) is 31.0 Å². The summed E-state index contributed by atoms with van der Waals surface area (Å²) in [5, 5.41) is 0. The fourth-order valence-electron chi connectivity index (χ4n) is 11.2. The Labute approximate surface area is 547 Å². The normalized spacial score (nSPS) is 12.4. The molecule has 0 radical (unpaired) electrons. The first-order valence-corrected chi connectivity index (χ1v) is 31.9. The van der Waals surface area contributed by atoms with Crippen molar-refractivity contribution >= 4 is 0 Å². The molecule has 0 unspecified atom stereocenters. The summed E-state index contributed by atoms with van der Waals surface area (Å²) in [6, 6.07) is 60.7. The van der Waals surface area contributed by atoms with Gasteiger partial charge in [0, 0.05) is 95.2 Å². The van der Waals surface area contributed by atoms with E-state index in [1.807, 2.05) is 149 Å². The van der Waals surface area contributed by atoms with Crippen LogP contribution in [0, 0.1) is 65.2 Å². The third kappa shape index (κ3) is 20.7. The van der Waals surface area contributed by atoms with Gasteiger partial charge in [0.1, 0.15) is 35.2 Å². The minimum Gasteiger partial charge on any atom is -0.201 e. The molecule has 0 amide bonds. The minimum absolute atomic E-state index is 0.0492. The van der Waals surface area contributed by atoms with Crippen LogP contribution < -0.4 is 22.8 Å². The molecule has 5 heterocycles. The summed E-state index contributed by atoms with van der Waals surface area (Å²) in [5.74, 6) is 1.29. The van der Waals surface area contributed by atoms with Gasteiger partial charge in [-0.25, -0.2) is 22.8 Å². The maximum atomic E-state index is 8.26. The molecule has 10 aromatic rings. The summed E-state index contributed by atoms with van der Waals surface area (Å²) in [7, 11) is 10.2. The van der Waals surface area contributed by atoms with E-state index in [0.29, 0.717) is 11.8 Å². The molecule has 0 saturated carbocycles. The summed E-state index contributed by atoms with van der Waals surface area (Å²) in [4.78, 5) is 0. The van der Waals surface area contributed by atoms with Crippen molar-refractivity contribution in [3.05, 3.63) is 268 Å². The van der Waals surface area contributed by atoms with Gasteiger partial charge in [-0.3, -0.25) is 0 Å². The third-order valence-corrected chi connectivity index (χ3v) is 15.7. The van der Waals surface area contributed by atoms with Crippen molar-refractivity contribution in [3.8, 4) is 56.3 Å². The average molecular weight is 1190 g/mol. The molecule has 5 aromatic carbocycles. The summed E-state index contributed by atoms with van der Waals surface area (Å²) in [6.07, 6.45) is 8.51. The highest BCUT2D eigenvalue weighted by atomic mass is 14.9. The van der Waals surface area contributed by atoms with Gasteiger partial charge in [-0.15, -0.1) is 0 Å². The van der Waals surface area contributed by atoms with Crippen molar-refractivity contribution in [1.82, 2.24) is 0 Å². The molecule has 5 aromatic heterocycles. The van der Waals surface area contributed by atoms with Gasteiger partial charge in [0.2, 0.25) is 28.5 Å². The standard InChI is InChI=1S/4C17H22N.C16H20N/c2*1-13(2)11-15-9-10-18(4)17(12-15)16-8-6-5-7-14(16)3;2*1-13(2)11-15-9-10-17(18(4)12-15)16-8-6-5-7-14(16)3;1-5-14-11-17(4)16(10-13(14)3)15-9-7-6-8-12(15)2/h4*5-10,12-13H,11H2,1-4H3;6-11H,5H2,1-4H3/q5*+1/i11D2;;11D2;;5D2. The lowest BCUT2D eigenvalue weighted by molar-refractivity contribution is -0.661. The van der Waals surface area contributed by atoms with Crippen molar-refractivity contribution in [1.29, 1.82) is 0 Å². The van der Waals surface area contributed by atoms with Crippen molar-refractivity contribution in [2.45, 2.75) is 136 Å². The molecular weight excluding hydrogens is 1080 g/mol. The number of rotatable bonds is 14. The van der Waals surface area contributed by atoms with Crippen LogP contribution >= 0.6 is 0 Å². The lowest BCUT2D eigenvalue weighted by Gasteiger charge is -2.08. The molecule has 0 fully saturated rings. The predicted octanol–water partition coefficient (Wildman–Crippen LogP) is 18.1. The van der Waals surface area contributed by atoms with Crippen LogP contribution in [-0.2, 0) is 67.2 Å². The quantitative estimate of drug-likeness (QED) is 0.0967. The fraction of sp³-hybridized carbons (Fsp3) is 0.345. The van der Waals surface area contributed by atoms with Crippen LogP contribution in [0.3, 0.4) is 0 Å². The Balaban J connectivity index is 0.000000188. The van der Waals surface area contributed by atoms with E-state index in [4.69, 9.17) is 8.22 Å². The Morgan fingerprint density at radius 3 is 0.989 bits per heavy atom. The van der Waals surface area contributed by atoms with Gasteiger partial charge in [-0.05, 0) is 184 Å². The highest BCUT2D eigenvalue weighted by molar-refractivity contribution is 5.64. The van der Waals surface area contributed by atoms with E-state index in [0.717, 1.165) is 57.7 Å². The molecule has 0 atom stereocenters. The van der Waals surface area contributed by atoms with Crippen LogP contribution in [0.2, 0.25) is 0 Å². The predicted molar refractivity (Wildman–Crippen MR) is 377 cm³/mol. The molecule has 0 aliphatic carbocycles. The SMILES string of the molecule is Cc1ccccc1-c1cc(CC(C)C)cc[n+]1C.Cc1ccccc1-c1ccc(CC(C)C)c[n+]1C.[2H]C([2H])(C)c1c[n+](C)c(-c2ccccc2C)cc1C.[2H]C([2H])(c1cc[n+](C)c(-c2ccccc2C)c1)C(C)C.[2H]C([2H])(c1ccc(-c2ccccc2C)[n+](C)c1)C(C)C. The maximum absolute atomic E-state index is 8.26. The first kappa shape index (κ1) is 61.1. The summed E-state index contributed by atoms with van der Waals surface area (Å²) >= 11 is 0. The van der Waals surface area contributed by atoms with E-state index in [1.165, 1.54) is 72.6 Å². The average Bonchev–Trinajstić information content (AvgIpc) is 0.838. The second-order valence-corrected chi connectivity index (χ2v) is 25.4. The van der Waals surface area contributed by atoms with E-state index in [1.54, 1.807) is 6.92 Å². The van der Waals surface area contributed by atoms with Crippen molar-refractivity contribution in [2.75, 3.05) is 0 Å². The number of hydrogen-bond donors (Lipinski definition) is 0. The van der Waals surface area contributed by atoms with Crippen LogP contribution in [-0.4, -0.2) is 0 Å². The monoisotopic (exact) mass is 1190 g/mol. The second-order valence-electron chi connectivity index (χ2n) is 25.4. The first-order chi connectivity index (χ1) is 44.6. The van der Waals surface area contributed by atoms with Gasteiger partial charge in [-0.1, -0.05) is 153 Å². The van der Waals surface area contributed by atoms with Crippen LogP contribution in [0.15, 0.2) is 207 Å². The first-order valence-electron chi connectivity index (χ1n) is 34.9. The topological polar surface area (TPSA) is 19.4 Å². The van der Waals surface area contributed by atoms with E-state index in [-0.39, 0.29) is 11.8 Å². The molecule has 0 aliphatic heterocycles. The van der Waals surface area contributed by atoms with Crippen LogP contribution in [0.4, 0.5) is 0 Å². The molecule has 0 spiro atoms. The Bertz CT molecular complexity index is 4180. The van der Waals surface area contributed by atoms with Gasteiger partial charge in [-0.2, -0.15) is 0 Å². The third-order valence-electron chi connectivity index (χ3n) is 15.7.